The molecule has 0 saturated heterocycles. The van der Waals surface area contributed by atoms with Crippen LogP contribution in [0.25, 0.3) is 47.9 Å². The summed E-state index contributed by atoms with van der Waals surface area (Å²) in [7, 11) is 0. The van der Waals surface area contributed by atoms with Crippen LogP contribution < -0.4 is 0 Å². The van der Waals surface area contributed by atoms with Gasteiger partial charge >= 0.3 is 0 Å². The van der Waals surface area contributed by atoms with E-state index in [1.165, 1.54) is 14.8 Å². The second-order valence-electron chi connectivity index (χ2n) is 7.52. The first-order valence-corrected chi connectivity index (χ1v) is 10.8. The molecule has 148 valence electrons. The zero-order chi connectivity index (χ0) is 20.9. The number of fused-ring (bicyclic) bond motifs is 4. The molecule has 5 heteroatoms. The predicted octanol–water partition coefficient (Wildman–Crippen LogP) is 7.57. The van der Waals surface area contributed by atoms with Gasteiger partial charge in [-0.15, -0.1) is 11.3 Å². The van der Waals surface area contributed by atoms with Crippen molar-refractivity contribution >= 4 is 48.1 Å². The van der Waals surface area contributed by atoms with Crippen molar-refractivity contribution < 1.29 is 4.92 Å². The quantitative estimate of drug-likeness (QED) is 0.219. The Kier molecular flexibility index (Phi) is 3.91. The van der Waals surface area contributed by atoms with Crippen LogP contribution in [0.5, 0.6) is 0 Å². The molecule has 6 rings (SSSR count). The van der Waals surface area contributed by atoms with Crippen molar-refractivity contribution in [2.24, 2.45) is 0 Å². The molecule has 0 fully saturated rings. The second kappa shape index (κ2) is 6.79. The molecular formula is C26H16N2O2S. The minimum Gasteiger partial charge on any atom is -0.317 e. The molecule has 2 heterocycles. The molecule has 0 bridgehead atoms. The van der Waals surface area contributed by atoms with E-state index in [-0.39, 0.29) is 10.6 Å². The smallest absolute Gasteiger partial charge is 0.277 e. The van der Waals surface area contributed by atoms with Crippen LogP contribution in [0.2, 0.25) is 0 Å². The number of aromatic nitrogens is 1. The molecule has 0 unspecified atom stereocenters. The Morgan fingerprint density at radius 3 is 2.39 bits per heavy atom. The molecular weight excluding hydrogens is 404 g/mol. The minimum atomic E-state index is -0.287. The van der Waals surface area contributed by atoms with Gasteiger partial charge in [-0.05, 0) is 48.0 Å². The average molecular weight is 420 g/mol. The van der Waals surface area contributed by atoms with Crippen LogP contribution in [0.15, 0.2) is 97.2 Å². The Balaban J connectivity index is 1.63. The van der Waals surface area contributed by atoms with E-state index in [0.29, 0.717) is 5.56 Å². The summed E-state index contributed by atoms with van der Waals surface area (Å²) in [6.07, 6.45) is 1.96. The van der Waals surface area contributed by atoms with Gasteiger partial charge < -0.3 is 4.57 Å². The topological polar surface area (TPSA) is 48.1 Å². The third-order valence-electron chi connectivity index (χ3n) is 5.73. The third kappa shape index (κ3) is 2.82. The first kappa shape index (κ1) is 17.9. The van der Waals surface area contributed by atoms with Crippen LogP contribution in [0.4, 0.5) is 5.69 Å². The van der Waals surface area contributed by atoms with Crippen molar-refractivity contribution in [3.8, 4) is 16.8 Å². The Morgan fingerprint density at radius 1 is 0.774 bits per heavy atom. The molecule has 0 aliphatic rings. The number of para-hydroxylation sites is 1. The van der Waals surface area contributed by atoms with Gasteiger partial charge in [-0.3, -0.25) is 10.1 Å². The molecule has 4 aromatic carbocycles. The van der Waals surface area contributed by atoms with Gasteiger partial charge in [0.2, 0.25) is 0 Å². The molecule has 4 nitrogen and oxygen atoms in total. The maximum absolute atomic E-state index is 11.9. The van der Waals surface area contributed by atoms with E-state index in [1.54, 1.807) is 17.4 Å². The Hall–Kier alpha value is -3.96. The highest BCUT2D eigenvalue weighted by molar-refractivity contribution is 7.25. The Labute approximate surface area is 181 Å². The van der Waals surface area contributed by atoms with Gasteiger partial charge in [0, 0.05) is 43.5 Å². The van der Waals surface area contributed by atoms with Crippen molar-refractivity contribution in [2.45, 2.75) is 0 Å². The Bertz CT molecular complexity index is 1610. The van der Waals surface area contributed by atoms with Gasteiger partial charge in [-0.2, -0.15) is 0 Å². The van der Waals surface area contributed by atoms with E-state index in [9.17, 15) is 10.1 Å². The van der Waals surface area contributed by atoms with Crippen LogP contribution in [0.1, 0.15) is 0 Å². The molecule has 0 aliphatic heterocycles. The standard InChI is InChI=1S/C26H16N2O2S/c29-28(30)24-15-18-12-13-27(19-6-2-1-3-7-19)23(18)16-21(24)17-10-11-26-22(14-17)20-8-4-5-9-25(20)31-26/h1-16H. The summed E-state index contributed by atoms with van der Waals surface area (Å²) in [6, 6.07) is 30.0. The maximum Gasteiger partial charge on any atom is 0.277 e. The number of hydrogen-bond donors (Lipinski definition) is 0. The largest absolute Gasteiger partial charge is 0.317 e. The van der Waals surface area contributed by atoms with Crippen molar-refractivity contribution in [3.05, 3.63) is 107 Å². The monoisotopic (exact) mass is 420 g/mol. The molecule has 0 N–H and O–H groups in total. The highest BCUT2D eigenvalue weighted by Gasteiger charge is 2.19. The lowest BCUT2D eigenvalue weighted by Crippen LogP contribution is -1.95. The molecule has 0 atom stereocenters. The van der Waals surface area contributed by atoms with Crippen LogP contribution >= 0.6 is 11.3 Å². The predicted molar refractivity (Wildman–Crippen MR) is 128 cm³/mol. The maximum atomic E-state index is 11.9. The first-order chi connectivity index (χ1) is 15.2. The van der Waals surface area contributed by atoms with E-state index < -0.39 is 0 Å². The SMILES string of the molecule is O=[N+]([O-])c1cc2ccn(-c3ccccc3)c2cc1-c1ccc2sc3ccccc3c2c1. The van der Waals surface area contributed by atoms with Crippen LogP contribution in [-0.2, 0) is 0 Å². The van der Waals surface area contributed by atoms with E-state index in [0.717, 1.165) is 27.5 Å². The highest BCUT2D eigenvalue weighted by Crippen LogP contribution is 2.40. The number of nitro benzene ring substituents is 1. The molecule has 0 radical (unpaired) electrons. The molecule has 0 aliphatic carbocycles. The fraction of sp³-hybridized carbons (Fsp3) is 0. The lowest BCUT2D eigenvalue weighted by Gasteiger charge is -2.09. The van der Waals surface area contributed by atoms with Gasteiger partial charge in [-0.1, -0.05) is 42.5 Å². The van der Waals surface area contributed by atoms with Gasteiger partial charge in [0.25, 0.3) is 5.69 Å². The lowest BCUT2D eigenvalue weighted by molar-refractivity contribution is -0.384. The number of benzene rings is 4. The molecule has 0 spiro atoms. The van der Waals surface area contributed by atoms with Crippen molar-refractivity contribution in [3.63, 3.8) is 0 Å². The Morgan fingerprint density at radius 2 is 1.55 bits per heavy atom. The van der Waals surface area contributed by atoms with Crippen molar-refractivity contribution in [1.82, 2.24) is 4.57 Å². The van der Waals surface area contributed by atoms with Crippen LogP contribution in [0, 0.1) is 10.1 Å². The molecule has 2 aromatic heterocycles. The van der Waals surface area contributed by atoms with E-state index in [4.69, 9.17) is 0 Å². The third-order valence-corrected chi connectivity index (χ3v) is 6.88. The van der Waals surface area contributed by atoms with E-state index >= 15 is 0 Å². The van der Waals surface area contributed by atoms with E-state index in [1.807, 2.05) is 66.9 Å². The van der Waals surface area contributed by atoms with Crippen LogP contribution in [-0.4, -0.2) is 9.49 Å². The second-order valence-corrected chi connectivity index (χ2v) is 8.60. The summed E-state index contributed by atoms with van der Waals surface area (Å²) >= 11 is 1.74. The minimum absolute atomic E-state index is 0.122. The number of rotatable bonds is 3. The fourth-order valence-electron chi connectivity index (χ4n) is 4.26. The lowest BCUT2D eigenvalue weighted by atomic mass is 10.00. The zero-order valence-electron chi connectivity index (χ0n) is 16.4. The number of hydrogen-bond acceptors (Lipinski definition) is 3. The highest BCUT2D eigenvalue weighted by atomic mass is 32.1. The summed E-state index contributed by atoms with van der Waals surface area (Å²) in [4.78, 5) is 11.7. The number of nitro groups is 1. The van der Waals surface area contributed by atoms with Crippen molar-refractivity contribution in [1.29, 1.82) is 0 Å². The van der Waals surface area contributed by atoms with Crippen LogP contribution in [0.3, 0.4) is 0 Å². The number of nitrogens with zero attached hydrogens (tertiary/aromatic N) is 2. The molecule has 31 heavy (non-hydrogen) atoms. The summed E-state index contributed by atoms with van der Waals surface area (Å²) in [6.45, 7) is 0. The first-order valence-electron chi connectivity index (χ1n) is 9.96. The van der Waals surface area contributed by atoms with E-state index in [2.05, 4.69) is 28.8 Å². The summed E-state index contributed by atoms with van der Waals surface area (Å²) in [5, 5.41) is 15.1. The average Bonchev–Trinajstić information content (AvgIpc) is 3.39. The van der Waals surface area contributed by atoms with Crippen molar-refractivity contribution in [2.75, 3.05) is 0 Å². The van der Waals surface area contributed by atoms with Gasteiger partial charge in [0.05, 0.1) is 16.0 Å². The molecule has 6 aromatic rings. The zero-order valence-corrected chi connectivity index (χ0v) is 17.2. The number of thiophene rings is 1. The summed E-state index contributed by atoms with van der Waals surface area (Å²) in [5.41, 5.74) is 3.58. The summed E-state index contributed by atoms with van der Waals surface area (Å²) < 4.78 is 4.47. The fourth-order valence-corrected chi connectivity index (χ4v) is 5.35. The van der Waals surface area contributed by atoms with Gasteiger partial charge in [0.1, 0.15) is 0 Å². The normalized spacial score (nSPS) is 11.5. The molecule has 0 amide bonds. The van der Waals surface area contributed by atoms with Gasteiger partial charge in [-0.25, -0.2) is 0 Å². The van der Waals surface area contributed by atoms with Gasteiger partial charge in [0.15, 0.2) is 0 Å². The molecule has 0 saturated carbocycles. The summed E-state index contributed by atoms with van der Waals surface area (Å²) in [5.74, 6) is 0.